The molecule has 20 heavy (non-hydrogen) atoms. The van der Waals surface area contributed by atoms with E-state index in [4.69, 9.17) is 11.6 Å². The first kappa shape index (κ1) is 15.0. The summed E-state index contributed by atoms with van der Waals surface area (Å²) in [6.45, 7) is 7.30. The first-order chi connectivity index (χ1) is 9.63. The summed E-state index contributed by atoms with van der Waals surface area (Å²) >= 11 is 6.13. The topological polar surface area (TPSA) is 24.9 Å². The summed E-state index contributed by atoms with van der Waals surface area (Å²) < 4.78 is 0. The van der Waals surface area contributed by atoms with Crippen LogP contribution in [0.5, 0.6) is 0 Å². The van der Waals surface area contributed by atoms with Crippen LogP contribution in [0, 0.1) is 6.92 Å². The van der Waals surface area contributed by atoms with Crippen molar-refractivity contribution >= 4 is 11.6 Å². The summed E-state index contributed by atoms with van der Waals surface area (Å²) in [5.41, 5.74) is 3.47. The molecule has 0 fully saturated rings. The quantitative estimate of drug-likeness (QED) is 0.876. The van der Waals surface area contributed by atoms with Gasteiger partial charge in [0.2, 0.25) is 0 Å². The van der Waals surface area contributed by atoms with E-state index in [1.165, 1.54) is 5.56 Å². The average Bonchev–Trinajstić information content (AvgIpc) is 2.48. The molecule has 2 unspecified atom stereocenters. The Morgan fingerprint density at radius 1 is 1.25 bits per heavy atom. The number of nitrogens with zero attached hydrogens (tertiary/aromatic N) is 1. The summed E-state index contributed by atoms with van der Waals surface area (Å²) in [6, 6.07) is 12.5. The highest BCUT2D eigenvalue weighted by Gasteiger charge is 2.21. The van der Waals surface area contributed by atoms with Gasteiger partial charge in [-0.3, -0.25) is 4.98 Å². The van der Waals surface area contributed by atoms with E-state index >= 15 is 0 Å². The normalized spacial score (nSPS) is 14.0. The second-order valence-electron chi connectivity index (χ2n) is 5.09. The van der Waals surface area contributed by atoms with Crippen molar-refractivity contribution in [2.24, 2.45) is 0 Å². The molecule has 1 aromatic carbocycles. The van der Waals surface area contributed by atoms with Crippen molar-refractivity contribution in [3.8, 4) is 0 Å². The van der Waals surface area contributed by atoms with E-state index in [-0.39, 0.29) is 6.04 Å². The minimum atomic E-state index is 0.242. The Labute approximate surface area is 126 Å². The molecule has 0 aliphatic rings. The zero-order valence-electron chi connectivity index (χ0n) is 12.2. The number of aromatic nitrogens is 1. The molecule has 2 nitrogen and oxygen atoms in total. The van der Waals surface area contributed by atoms with Crippen LogP contribution < -0.4 is 5.32 Å². The Morgan fingerprint density at radius 3 is 2.65 bits per heavy atom. The molecule has 0 bridgehead atoms. The van der Waals surface area contributed by atoms with Gasteiger partial charge in [0.25, 0.3) is 0 Å². The van der Waals surface area contributed by atoms with Gasteiger partial charge >= 0.3 is 0 Å². The zero-order chi connectivity index (χ0) is 14.5. The Balaban J connectivity index is 2.33. The SMILES string of the molecule is CCNC(c1ccc(Cl)c(C)c1)C(C)c1ccccn1. The lowest BCUT2D eigenvalue weighted by Crippen LogP contribution is -2.26. The van der Waals surface area contributed by atoms with Crippen LogP contribution in [-0.2, 0) is 0 Å². The lowest BCUT2D eigenvalue weighted by Gasteiger charge is -2.25. The van der Waals surface area contributed by atoms with Crippen LogP contribution in [0.3, 0.4) is 0 Å². The highest BCUT2D eigenvalue weighted by atomic mass is 35.5. The molecule has 0 aliphatic heterocycles. The van der Waals surface area contributed by atoms with Crippen LogP contribution in [0.2, 0.25) is 5.02 Å². The molecule has 1 heterocycles. The van der Waals surface area contributed by atoms with Gasteiger partial charge in [-0.25, -0.2) is 0 Å². The molecule has 0 spiro atoms. The summed E-state index contributed by atoms with van der Waals surface area (Å²) in [5, 5.41) is 4.38. The van der Waals surface area contributed by atoms with Crippen molar-refractivity contribution in [1.82, 2.24) is 10.3 Å². The predicted molar refractivity (Wildman–Crippen MR) is 85.3 cm³/mol. The second-order valence-corrected chi connectivity index (χ2v) is 5.49. The van der Waals surface area contributed by atoms with Gasteiger partial charge < -0.3 is 5.32 Å². The minimum absolute atomic E-state index is 0.242. The van der Waals surface area contributed by atoms with Crippen molar-refractivity contribution in [2.75, 3.05) is 6.54 Å². The Morgan fingerprint density at radius 2 is 2.05 bits per heavy atom. The number of hydrogen-bond donors (Lipinski definition) is 1. The van der Waals surface area contributed by atoms with Crippen LogP contribution in [0.4, 0.5) is 0 Å². The van der Waals surface area contributed by atoms with E-state index < -0.39 is 0 Å². The van der Waals surface area contributed by atoms with Gasteiger partial charge in [0.1, 0.15) is 0 Å². The Hall–Kier alpha value is -1.38. The third-order valence-corrected chi connectivity index (χ3v) is 4.04. The number of rotatable bonds is 5. The fourth-order valence-corrected chi connectivity index (χ4v) is 2.60. The molecular formula is C17H21ClN2. The first-order valence-corrected chi connectivity index (χ1v) is 7.41. The van der Waals surface area contributed by atoms with Crippen LogP contribution in [-0.4, -0.2) is 11.5 Å². The molecule has 0 radical (unpaired) electrons. The van der Waals surface area contributed by atoms with E-state index in [2.05, 4.69) is 42.3 Å². The molecule has 2 atom stereocenters. The van der Waals surface area contributed by atoms with Crippen molar-refractivity contribution in [2.45, 2.75) is 32.7 Å². The fraction of sp³-hybridized carbons (Fsp3) is 0.353. The molecule has 0 saturated carbocycles. The highest BCUT2D eigenvalue weighted by molar-refractivity contribution is 6.31. The molecule has 1 aromatic heterocycles. The maximum Gasteiger partial charge on any atom is 0.0450 e. The first-order valence-electron chi connectivity index (χ1n) is 7.03. The molecular weight excluding hydrogens is 268 g/mol. The van der Waals surface area contributed by atoms with Gasteiger partial charge in [-0.05, 0) is 42.8 Å². The average molecular weight is 289 g/mol. The molecule has 3 heteroatoms. The van der Waals surface area contributed by atoms with Gasteiger partial charge in [-0.1, -0.05) is 43.6 Å². The third-order valence-electron chi connectivity index (χ3n) is 3.62. The van der Waals surface area contributed by atoms with Gasteiger partial charge in [-0.15, -0.1) is 0 Å². The number of hydrogen-bond acceptors (Lipinski definition) is 2. The maximum absolute atomic E-state index is 6.13. The van der Waals surface area contributed by atoms with Crippen LogP contribution in [0.25, 0.3) is 0 Å². The van der Waals surface area contributed by atoms with E-state index in [9.17, 15) is 0 Å². The van der Waals surface area contributed by atoms with Crippen LogP contribution in [0.1, 0.15) is 42.6 Å². The summed E-state index contributed by atoms with van der Waals surface area (Å²) in [6.07, 6.45) is 1.85. The maximum atomic E-state index is 6.13. The standard InChI is InChI=1S/C17H21ClN2/c1-4-19-17(13(3)16-7-5-6-10-20-16)14-8-9-15(18)12(2)11-14/h5-11,13,17,19H,4H2,1-3H3. The lowest BCUT2D eigenvalue weighted by atomic mass is 9.90. The predicted octanol–water partition coefficient (Wildman–Crippen LogP) is 4.50. The van der Waals surface area contributed by atoms with E-state index in [0.717, 1.165) is 22.8 Å². The number of aryl methyl sites for hydroxylation is 1. The lowest BCUT2D eigenvalue weighted by molar-refractivity contribution is 0.472. The molecule has 0 aliphatic carbocycles. The van der Waals surface area contributed by atoms with Crippen molar-refractivity contribution in [3.63, 3.8) is 0 Å². The fourth-order valence-electron chi connectivity index (χ4n) is 2.48. The van der Waals surface area contributed by atoms with E-state index in [1.54, 1.807) is 0 Å². The van der Waals surface area contributed by atoms with Gasteiger partial charge in [0.15, 0.2) is 0 Å². The number of benzene rings is 1. The number of likely N-dealkylation sites (N-methyl/N-ethyl adjacent to an activating group) is 1. The smallest absolute Gasteiger partial charge is 0.0450 e. The molecule has 2 rings (SSSR count). The van der Waals surface area contributed by atoms with Gasteiger partial charge in [0.05, 0.1) is 0 Å². The van der Waals surface area contributed by atoms with Gasteiger partial charge in [-0.2, -0.15) is 0 Å². The monoisotopic (exact) mass is 288 g/mol. The molecule has 106 valence electrons. The highest BCUT2D eigenvalue weighted by Crippen LogP contribution is 2.31. The van der Waals surface area contributed by atoms with E-state index in [1.807, 2.05) is 31.3 Å². The number of halogens is 1. The van der Waals surface area contributed by atoms with Crippen LogP contribution >= 0.6 is 11.6 Å². The summed E-state index contributed by atoms with van der Waals surface area (Å²) in [5.74, 6) is 0.303. The zero-order valence-corrected chi connectivity index (χ0v) is 13.0. The van der Waals surface area contributed by atoms with Crippen molar-refractivity contribution < 1.29 is 0 Å². The molecule has 0 saturated heterocycles. The minimum Gasteiger partial charge on any atom is -0.310 e. The number of pyridine rings is 1. The second kappa shape index (κ2) is 6.87. The largest absolute Gasteiger partial charge is 0.310 e. The van der Waals surface area contributed by atoms with Gasteiger partial charge in [0, 0.05) is 28.9 Å². The number of nitrogens with one attached hydrogen (secondary N) is 1. The van der Waals surface area contributed by atoms with Crippen LogP contribution in [0.15, 0.2) is 42.6 Å². The summed E-state index contributed by atoms with van der Waals surface area (Å²) in [7, 11) is 0. The third kappa shape index (κ3) is 3.38. The Bertz CT molecular complexity index is 554. The van der Waals surface area contributed by atoms with Crippen molar-refractivity contribution in [3.05, 3.63) is 64.4 Å². The molecule has 1 N–H and O–H groups in total. The molecule has 2 aromatic rings. The van der Waals surface area contributed by atoms with Crippen molar-refractivity contribution in [1.29, 1.82) is 0 Å². The Kier molecular flexibility index (Phi) is 5.16. The molecule has 0 amide bonds. The summed E-state index contributed by atoms with van der Waals surface area (Å²) in [4.78, 5) is 4.48. The van der Waals surface area contributed by atoms with E-state index in [0.29, 0.717) is 5.92 Å².